The molecule has 4 aliphatic heterocycles. The SMILES string of the molecule is CC(C)(C)OC(=O)N1CCN(c2cccc3c2OCCN3)CC1.CC(C)(C)OC(=O)N1CCN(c2cccc3c2OCCN3S(=O)(=O)c2cccc([N+](=O)[O-])c2)CC1.O=[N+]([O-])c1cccc(S(=O)(=O)Cl)c1. The maximum Gasteiger partial charge on any atom is 0.410 e. The smallest absolute Gasteiger partial charge is 0.410 e. The summed E-state index contributed by atoms with van der Waals surface area (Å²) in [5.41, 5.74) is 1.61. The Morgan fingerprint density at radius 3 is 1.54 bits per heavy atom. The zero-order chi connectivity index (χ0) is 51.9. The first-order valence-corrected chi connectivity index (χ1v) is 26.2. The molecule has 2 fully saturated rings. The molecule has 8 rings (SSSR count). The molecule has 0 aliphatic carbocycles. The molecule has 4 aromatic carbocycles. The summed E-state index contributed by atoms with van der Waals surface area (Å²) in [4.78, 5) is 51.9. The number of nitro benzene ring substituents is 2. The molecule has 384 valence electrons. The monoisotopic (exact) mass is 1040 g/mol. The molecule has 4 heterocycles. The van der Waals surface area contributed by atoms with Crippen LogP contribution < -0.4 is 28.9 Å². The summed E-state index contributed by atoms with van der Waals surface area (Å²) in [7, 11) is -2.96. The zero-order valence-electron chi connectivity index (χ0n) is 40.1. The Hall–Kier alpha value is -6.79. The molecular formula is C46H57ClN8O14S2. The number of ether oxygens (including phenoxy) is 4. The average Bonchev–Trinajstić information content (AvgIpc) is 3.32. The van der Waals surface area contributed by atoms with Crippen LogP contribution in [0.15, 0.2) is 94.7 Å². The average molecular weight is 1050 g/mol. The van der Waals surface area contributed by atoms with E-state index >= 15 is 0 Å². The van der Waals surface area contributed by atoms with E-state index in [0.717, 1.165) is 54.6 Å². The fourth-order valence-corrected chi connectivity index (χ4v) is 9.94. The van der Waals surface area contributed by atoms with Gasteiger partial charge in [0.15, 0.2) is 11.5 Å². The molecule has 0 bridgehead atoms. The topological polar surface area (TPSA) is 254 Å². The summed E-state index contributed by atoms with van der Waals surface area (Å²) in [5.74, 6) is 1.35. The molecule has 0 unspecified atom stereocenters. The number of halogens is 1. The van der Waals surface area contributed by atoms with Gasteiger partial charge in [0, 0.05) is 93.9 Å². The highest BCUT2D eigenvalue weighted by Gasteiger charge is 2.35. The fraction of sp³-hybridized carbons (Fsp3) is 0.435. The Balaban J connectivity index is 0.000000195. The van der Waals surface area contributed by atoms with Gasteiger partial charge in [-0.1, -0.05) is 24.3 Å². The quantitative estimate of drug-likeness (QED) is 0.108. The van der Waals surface area contributed by atoms with E-state index in [4.69, 9.17) is 29.6 Å². The number of fused-ring (bicyclic) bond motifs is 2. The van der Waals surface area contributed by atoms with E-state index < -0.39 is 40.1 Å². The molecule has 0 spiro atoms. The van der Waals surface area contributed by atoms with Gasteiger partial charge in [-0.3, -0.25) is 24.5 Å². The maximum absolute atomic E-state index is 13.4. The van der Waals surface area contributed by atoms with E-state index in [9.17, 15) is 46.7 Å². The highest BCUT2D eigenvalue weighted by atomic mass is 35.7. The van der Waals surface area contributed by atoms with Gasteiger partial charge in [-0.2, -0.15) is 0 Å². The lowest BCUT2D eigenvalue weighted by Gasteiger charge is -2.39. The van der Waals surface area contributed by atoms with Gasteiger partial charge in [-0.15, -0.1) is 0 Å². The Kier molecular flexibility index (Phi) is 16.7. The Morgan fingerprint density at radius 1 is 0.606 bits per heavy atom. The van der Waals surface area contributed by atoms with Crippen LogP contribution in [0.4, 0.5) is 43.7 Å². The Labute approximate surface area is 416 Å². The van der Waals surface area contributed by atoms with E-state index in [1.54, 1.807) is 21.9 Å². The number of hydrogen-bond acceptors (Lipinski definition) is 17. The van der Waals surface area contributed by atoms with Gasteiger partial charge in [-0.25, -0.2) is 26.4 Å². The lowest BCUT2D eigenvalue weighted by atomic mass is 10.2. The van der Waals surface area contributed by atoms with Gasteiger partial charge in [0.1, 0.15) is 24.4 Å². The van der Waals surface area contributed by atoms with E-state index in [1.165, 1.54) is 40.7 Å². The third kappa shape index (κ3) is 14.0. The van der Waals surface area contributed by atoms with Crippen LogP contribution in [0, 0.1) is 20.2 Å². The third-order valence-corrected chi connectivity index (χ3v) is 14.1. The fourth-order valence-electron chi connectivity index (χ4n) is 7.66. The molecule has 2 saturated heterocycles. The van der Waals surface area contributed by atoms with Gasteiger partial charge in [0.05, 0.1) is 48.9 Å². The molecule has 4 aliphatic rings. The first kappa shape index (κ1) is 53.6. The minimum Gasteiger partial charge on any atom is -0.487 e. The van der Waals surface area contributed by atoms with Gasteiger partial charge in [0.2, 0.25) is 0 Å². The second-order valence-electron chi connectivity index (χ2n) is 18.3. The van der Waals surface area contributed by atoms with Gasteiger partial charge in [0.25, 0.3) is 30.4 Å². The van der Waals surface area contributed by atoms with Crippen molar-refractivity contribution in [2.45, 2.75) is 62.5 Å². The number of nitro groups is 2. The number of nitrogens with one attached hydrogen (secondary N) is 1. The minimum absolute atomic E-state index is 0.0773. The number of carbonyl (C=O) groups is 2. The maximum atomic E-state index is 13.4. The Morgan fingerprint density at radius 2 is 1.04 bits per heavy atom. The largest absolute Gasteiger partial charge is 0.487 e. The van der Waals surface area contributed by atoms with Crippen LogP contribution in [-0.4, -0.2) is 139 Å². The van der Waals surface area contributed by atoms with E-state index in [1.807, 2.05) is 64.6 Å². The van der Waals surface area contributed by atoms with E-state index in [2.05, 4.69) is 16.3 Å². The zero-order valence-corrected chi connectivity index (χ0v) is 42.5. The van der Waals surface area contributed by atoms with Crippen LogP contribution in [0.5, 0.6) is 11.5 Å². The molecule has 4 aromatic rings. The molecule has 0 atom stereocenters. The number of anilines is 4. The molecule has 0 radical (unpaired) electrons. The highest BCUT2D eigenvalue weighted by Crippen LogP contribution is 2.43. The molecule has 0 saturated carbocycles. The predicted molar refractivity (Wildman–Crippen MR) is 266 cm³/mol. The molecule has 22 nitrogen and oxygen atoms in total. The van der Waals surface area contributed by atoms with Crippen LogP contribution in [-0.2, 0) is 28.5 Å². The summed E-state index contributed by atoms with van der Waals surface area (Å²) in [6, 6.07) is 21.0. The number of nitrogens with zero attached hydrogens (tertiary/aromatic N) is 7. The van der Waals surface area contributed by atoms with Crippen molar-refractivity contribution >= 4 is 76.1 Å². The summed E-state index contributed by atoms with van der Waals surface area (Å²) in [6.07, 6.45) is -0.595. The molecule has 2 amide bonds. The van der Waals surface area contributed by atoms with Crippen LogP contribution in [0.25, 0.3) is 0 Å². The normalized spacial score (nSPS) is 15.9. The summed E-state index contributed by atoms with van der Waals surface area (Å²) in [6.45, 7) is 17.7. The van der Waals surface area contributed by atoms with Crippen LogP contribution in [0.2, 0.25) is 0 Å². The van der Waals surface area contributed by atoms with E-state index in [0.29, 0.717) is 57.3 Å². The molecular weight excluding hydrogens is 988 g/mol. The standard InChI is InChI=1S/C23H28N4O7S.C17H25N3O3.C6H4ClNO4S/c1-23(2,3)34-22(28)25-12-10-24(11-13-25)19-8-5-9-20-21(19)33-15-14-26(20)35(31,32)18-7-4-6-17(16-18)27(29)30;1-17(2,3)23-16(21)20-10-8-19(9-11-20)14-6-4-5-13-15(14)22-12-7-18-13;7-13(11,12)6-3-1-2-5(4-6)8(9)10/h4-9,16H,10-15H2,1-3H3;4-6,18H,7-12H2,1-3H3;1-4H. The van der Waals surface area contributed by atoms with Crippen LogP contribution in [0.3, 0.4) is 0 Å². The van der Waals surface area contributed by atoms with Crippen molar-refractivity contribution in [2.24, 2.45) is 0 Å². The number of rotatable bonds is 7. The number of carbonyl (C=O) groups excluding carboxylic acids is 2. The van der Waals surface area contributed by atoms with Gasteiger partial charge >= 0.3 is 12.2 Å². The van der Waals surface area contributed by atoms with Crippen LogP contribution in [0.1, 0.15) is 41.5 Å². The second-order valence-corrected chi connectivity index (χ2v) is 22.8. The number of sulfonamides is 1. The van der Waals surface area contributed by atoms with Crippen molar-refractivity contribution in [3.8, 4) is 11.5 Å². The summed E-state index contributed by atoms with van der Waals surface area (Å²) < 4.78 is 72.2. The number of para-hydroxylation sites is 2. The summed E-state index contributed by atoms with van der Waals surface area (Å²) >= 11 is 0. The highest BCUT2D eigenvalue weighted by molar-refractivity contribution is 8.13. The van der Waals surface area contributed by atoms with Gasteiger partial charge in [-0.05, 0) is 77.9 Å². The molecule has 25 heteroatoms. The number of amides is 2. The van der Waals surface area contributed by atoms with Crippen molar-refractivity contribution in [2.75, 3.05) is 98.1 Å². The number of piperazine rings is 2. The van der Waals surface area contributed by atoms with Crippen molar-refractivity contribution in [1.82, 2.24) is 9.80 Å². The van der Waals surface area contributed by atoms with Crippen molar-refractivity contribution < 1.29 is 55.2 Å². The summed E-state index contributed by atoms with van der Waals surface area (Å²) in [5, 5.41) is 24.8. The predicted octanol–water partition coefficient (Wildman–Crippen LogP) is 7.31. The molecule has 71 heavy (non-hydrogen) atoms. The molecule has 0 aromatic heterocycles. The lowest BCUT2D eigenvalue weighted by molar-refractivity contribution is -0.385. The van der Waals surface area contributed by atoms with Crippen molar-refractivity contribution in [3.63, 3.8) is 0 Å². The number of hydrogen-bond donors (Lipinski definition) is 1. The minimum atomic E-state index is -4.06. The molecule has 1 N–H and O–H groups in total. The van der Waals surface area contributed by atoms with Gasteiger partial charge < -0.3 is 43.9 Å². The lowest BCUT2D eigenvalue weighted by Crippen LogP contribution is -2.50. The Bertz CT molecular complexity index is 2830. The first-order chi connectivity index (χ1) is 33.3. The first-order valence-electron chi connectivity index (χ1n) is 22.5. The third-order valence-electron chi connectivity index (χ3n) is 10.9. The second kappa shape index (κ2) is 22.1. The van der Waals surface area contributed by atoms with E-state index in [-0.39, 0.29) is 46.5 Å². The number of non-ortho nitro benzene ring substituents is 2. The number of benzene rings is 4. The van der Waals surface area contributed by atoms with Crippen LogP contribution >= 0.6 is 10.7 Å². The van der Waals surface area contributed by atoms with Crippen molar-refractivity contribution in [3.05, 3.63) is 105 Å². The van der Waals surface area contributed by atoms with Crippen molar-refractivity contribution in [1.29, 1.82) is 0 Å².